The Morgan fingerprint density at radius 2 is 1.54 bits per heavy atom. The molecule has 67 heavy (non-hydrogen) atoms. The number of H-pyrrole nitrogens is 1. The number of halogens is 3. The van der Waals surface area contributed by atoms with E-state index >= 15 is 0 Å². The van der Waals surface area contributed by atoms with E-state index in [0.29, 0.717) is 28.8 Å². The maximum absolute atomic E-state index is 13.3. The van der Waals surface area contributed by atoms with E-state index in [2.05, 4.69) is 31.0 Å². The molecule has 3 heterocycles. The van der Waals surface area contributed by atoms with Gasteiger partial charge in [0.15, 0.2) is 17.4 Å². The number of aromatic amines is 1. The Labute approximate surface area is 386 Å². The molecular formula is C46H54F3N8O9P. The SMILES string of the molecule is COc1ccc(C(OC[C@H]2O[C@@H](n3cnc4c(=O)[nH]c(NC(C)=O)nc43)[C@H](OCCNC(=O)C(F)(F)F)[C@@H]2OP(CCC#N)N(C(C)C)C(C)C)(c2ccccc2)c2ccc(OC)cc2)cc1. The monoisotopic (exact) mass is 950 g/mol. The molecule has 0 bridgehead atoms. The number of aromatic nitrogens is 4. The van der Waals surface area contributed by atoms with Crippen molar-refractivity contribution in [3.8, 4) is 17.6 Å². The summed E-state index contributed by atoms with van der Waals surface area (Å²) in [6.07, 6.45) is -8.01. The van der Waals surface area contributed by atoms with Crippen molar-refractivity contribution in [3.63, 3.8) is 0 Å². The Morgan fingerprint density at radius 3 is 2.07 bits per heavy atom. The minimum absolute atomic E-state index is 0.0235. The Balaban J connectivity index is 1.53. The van der Waals surface area contributed by atoms with Crippen molar-refractivity contribution < 1.29 is 51.0 Å². The fourth-order valence-electron chi connectivity index (χ4n) is 8.07. The Bertz CT molecular complexity index is 2480. The first-order valence-corrected chi connectivity index (χ1v) is 22.9. The van der Waals surface area contributed by atoms with Crippen LogP contribution in [0.2, 0.25) is 0 Å². The van der Waals surface area contributed by atoms with E-state index in [1.54, 1.807) is 14.2 Å². The zero-order valence-electron chi connectivity index (χ0n) is 38.1. The van der Waals surface area contributed by atoms with Gasteiger partial charge in [-0.2, -0.15) is 23.4 Å². The number of amides is 2. The van der Waals surface area contributed by atoms with Gasteiger partial charge in [-0.3, -0.25) is 33.9 Å². The number of nitrogens with one attached hydrogen (secondary N) is 3. The second kappa shape index (κ2) is 22.2. The Hall–Kier alpha value is -5.94. The molecule has 0 spiro atoms. The van der Waals surface area contributed by atoms with Crippen molar-refractivity contribution in [1.82, 2.24) is 29.5 Å². The molecule has 3 N–H and O–H groups in total. The van der Waals surface area contributed by atoms with Crippen molar-refractivity contribution in [2.24, 2.45) is 0 Å². The first-order valence-electron chi connectivity index (χ1n) is 21.5. The fraction of sp³-hybridized carbons (Fsp3) is 0.435. The Morgan fingerprint density at radius 1 is 0.940 bits per heavy atom. The summed E-state index contributed by atoms with van der Waals surface area (Å²) in [5.41, 5.74) is -0.00647. The van der Waals surface area contributed by atoms with Gasteiger partial charge in [0.05, 0.1) is 39.8 Å². The van der Waals surface area contributed by atoms with Gasteiger partial charge in [-0.25, -0.2) is 4.98 Å². The summed E-state index contributed by atoms with van der Waals surface area (Å²) in [5, 5.41) is 14.2. The van der Waals surface area contributed by atoms with Gasteiger partial charge in [-0.05, 0) is 68.7 Å². The van der Waals surface area contributed by atoms with E-state index in [-0.39, 0.29) is 42.2 Å². The summed E-state index contributed by atoms with van der Waals surface area (Å²) in [6, 6.07) is 26.4. The maximum Gasteiger partial charge on any atom is 0.471 e. The standard InChI is InChI=1S/C46H54F3N8O9P/c1-28(2)57(29(3)4)67(25-11-22-50)66-38-36(26-64-45(31-12-9-8-10-13-31,32-14-18-34(61-6)19-15-32)33-16-20-35(62-7)21-17-33)65-42(39(38)63-24-23-51-43(60)46(47,48)49)56-27-52-37-40(56)54-44(53-30(5)58)55-41(37)59/h8-10,12-21,27-29,36,38-39,42H,11,23-26H2,1-7H3,(H,51,60)(H2,53,54,55,58,59)/t36-,38-,39-,42-,67?/m1/s1. The topological polar surface area (TPSA) is 204 Å². The van der Waals surface area contributed by atoms with Crippen LogP contribution in [0.4, 0.5) is 19.1 Å². The van der Waals surface area contributed by atoms with Crippen molar-refractivity contribution in [3.05, 3.63) is 112 Å². The average Bonchev–Trinajstić information content (AvgIpc) is 3.87. The zero-order chi connectivity index (χ0) is 48.5. The van der Waals surface area contributed by atoms with Crippen LogP contribution in [0.1, 0.15) is 64.0 Å². The predicted molar refractivity (Wildman–Crippen MR) is 242 cm³/mol. The van der Waals surface area contributed by atoms with Crippen LogP contribution in [0, 0.1) is 11.3 Å². The van der Waals surface area contributed by atoms with E-state index < -0.39 is 75.1 Å². The third-order valence-electron chi connectivity index (χ3n) is 10.9. The van der Waals surface area contributed by atoms with Crippen LogP contribution in [-0.2, 0) is 33.9 Å². The van der Waals surface area contributed by atoms with Gasteiger partial charge in [-0.1, -0.05) is 54.6 Å². The average molecular weight is 951 g/mol. The Kier molecular flexibility index (Phi) is 16.8. The number of carbonyl (C=O) groups is 2. The molecule has 5 atom stereocenters. The van der Waals surface area contributed by atoms with Gasteiger partial charge in [0.1, 0.15) is 43.7 Å². The number of benzene rings is 3. The number of rotatable bonds is 21. The molecule has 0 aliphatic carbocycles. The fourth-order valence-corrected chi connectivity index (χ4v) is 10.4. The van der Waals surface area contributed by atoms with Gasteiger partial charge < -0.3 is 33.5 Å². The number of hydrogen-bond acceptors (Lipinski definition) is 13. The summed E-state index contributed by atoms with van der Waals surface area (Å²) >= 11 is 0. The lowest BCUT2D eigenvalue weighted by molar-refractivity contribution is -0.174. The summed E-state index contributed by atoms with van der Waals surface area (Å²) in [6.45, 7) is 8.03. The molecular weight excluding hydrogens is 897 g/mol. The molecule has 2 aromatic heterocycles. The van der Waals surface area contributed by atoms with Crippen LogP contribution in [0.5, 0.6) is 11.5 Å². The molecule has 1 unspecified atom stereocenters. The van der Waals surface area contributed by atoms with E-state index in [1.165, 1.54) is 17.8 Å². The summed E-state index contributed by atoms with van der Waals surface area (Å²) in [4.78, 5) is 48.6. The molecule has 21 heteroatoms. The molecule has 0 radical (unpaired) electrons. The molecule has 3 aromatic carbocycles. The van der Waals surface area contributed by atoms with Gasteiger partial charge in [-0.15, -0.1) is 0 Å². The summed E-state index contributed by atoms with van der Waals surface area (Å²) < 4.78 is 82.4. The number of methoxy groups -OCH3 is 2. The van der Waals surface area contributed by atoms with Gasteiger partial charge in [0.25, 0.3) is 5.56 Å². The zero-order valence-corrected chi connectivity index (χ0v) is 39.0. The van der Waals surface area contributed by atoms with Gasteiger partial charge in [0.2, 0.25) is 11.9 Å². The number of imidazole rings is 1. The van der Waals surface area contributed by atoms with Crippen molar-refractivity contribution in [1.29, 1.82) is 5.26 Å². The lowest BCUT2D eigenvalue weighted by Crippen LogP contribution is -2.44. The predicted octanol–water partition coefficient (Wildman–Crippen LogP) is 6.79. The highest BCUT2D eigenvalue weighted by Crippen LogP contribution is 2.51. The highest BCUT2D eigenvalue weighted by atomic mass is 31.2. The largest absolute Gasteiger partial charge is 0.497 e. The molecule has 0 saturated carbocycles. The second-order valence-corrected chi connectivity index (χ2v) is 17.8. The number of ether oxygens (including phenoxy) is 5. The maximum atomic E-state index is 13.3. The minimum atomic E-state index is -5.14. The number of hydrogen-bond donors (Lipinski definition) is 3. The lowest BCUT2D eigenvalue weighted by Gasteiger charge is -2.40. The molecule has 1 saturated heterocycles. The third-order valence-corrected chi connectivity index (χ3v) is 13.4. The molecule has 17 nitrogen and oxygen atoms in total. The van der Waals surface area contributed by atoms with Crippen LogP contribution >= 0.6 is 8.30 Å². The van der Waals surface area contributed by atoms with Crippen LogP contribution in [0.15, 0.2) is 90.0 Å². The summed E-state index contributed by atoms with van der Waals surface area (Å²) in [7, 11) is 1.51. The number of alkyl halides is 3. The third kappa shape index (κ3) is 11.6. The van der Waals surface area contributed by atoms with Crippen LogP contribution in [-0.4, -0.2) is 113 Å². The van der Waals surface area contributed by atoms with E-state index in [1.807, 2.05) is 112 Å². The molecule has 2 amide bonds. The van der Waals surface area contributed by atoms with Crippen molar-refractivity contribution >= 4 is 37.2 Å². The van der Waals surface area contributed by atoms with Crippen molar-refractivity contribution in [2.75, 3.05) is 45.5 Å². The summed E-state index contributed by atoms with van der Waals surface area (Å²) in [5.74, 6) is -1.63. The number of nitrogens with zero attached hydrogens (tertiary/aromatic N) is 5. The highest BCUT2D eigenvalue weighted by Gasteiger charge is 2.51. The van der Waals surface area contributed by atoms with Crippen LogP contribution in [0.3, 0.4) is 0 Å². The number of carbonyl (C=O) groups excluding carboxylic acids is 2. The van der Waals surface area contributed by atoms with Gasteiger partial charge in [0, 0.05) is 38.1 Å². The molecule has 6 rings (SSSR count). The normalized spacial score (nSPS) is 18.0. The van der Waals surface area contributed by atoms with Gasteiger partial charge >= 0.3 is 12.1 Å². The molecule has 1 aliphatic heterocycles. The number of fused-ring (bicyclic) bond motifs is 1. The van der Waals surface area contributed by atoms with Crippen LogP contribution < -0.4 is 25.7 Å². The van der Waals surface area contributed by atoms with E-state index in [0.717, 1.165) is 5.56 Å². The molecule has 5 aromatic rings. The van der Waals surface area contributed by atoms with E-state index in [9.17, 15) is 32.8 Å². The number of nitriles is 1. The smallest absolute Gasteiger partial charge is 0.471 e. The lowest BCUT2D eigenvalue weighted by atomic mass is 9.80. The molecule has 1 fully saturated rings. The first kappa shape index (κ1) is 50.5. The van der Waals surface area contributed by atoms with Crippen molar-refractivity contribution in [2.45, 2.75) is 89.4 Å². The van der Waals surface area contributed by atoms with E-state index in [4.69, 9.17) is 28.2 Å². The highest BCUT2D eigenvalue weighted by molar-refractivity contribution is 7.50. The first-order chi connectivity index (χ1) is 32.0. The quantitative estimate of drug-likeness (QED) is 0.0394. The number of anilines is 1. The molecule has 358 valence electrons. The molecule has 1 aliphatic rings. The second-order valence-electron chi connectivity index (χ2n) is 16.0. The van der Waals surface area contributed by atoms with Crippen LogP contribution in [0.25, 0.3) is 11.2 Å². The minimum Gasteiger partial charge on any atom is -0.497 e.